The van der Waals surface area contributed by atoms with Crippen LogP contribution in [0.5, 0.6) is 0 Å². The van der Waals surface area contributed by atoms with Crippen molar-refractivity contribution in [3.8, 4) is 0 Å². The van der Waals surface area contributed by atoms with Crippen LogP contribution in [0, 0.1) is 10.1 Å². The van der Waals surface area contributed by atoms with Crippen LogP contribution in [0.2, 0.25) is 0 Å². The van der Waals surface area contributed by atoms with Gasteiger partial charge in [0.2, 0.25) is 17.5 Å². The molecule has 1 aromatic heterocycles. The van der Waals surface area contributed by atoms with Gasteiger partial charge in [0.05, 0.1) is 11.5 Å². The number of amides is 1. The normalized spacial score (nSPS) is 9.95. The summed E-state index contributed by atoms with van der Waals surface area (Å²) < 4.78 is 0. The summed E-state index contributed by atoms with van der Waals surface area (Å²) in [5.74, 6) is -0.0180. The second-order valence-electron chi connectivity index (χ2n) is 3.97. The number of rotatable bonds is 7. The highest BCUT2D eigenvalue weighted by atomic mass is 16.6. The number of hydrogen-bond acceptors (Lipinski definition) is 7. The van der Waals surface area contributed by atoms with Gasteiger partial charge < -0.3 is 15.5 Å². The monoisotopic (exact) mass is 282 g/mol. The van der Waals surface area contributed by atoms with Crippen LogP contribution in [0.1, 0.15) is 13.8 Å². The van der Waals surface area contributed by atoms with E-state index in [2.05, 4.69) is 20.6 Å². The number of nitro groups is 1. The third-order valence-electron chi connectivity index (χ3n) is 2.66. The SMILES string of the molecule is CCNc1ncnc(NCC(=O)N(C)CC)c1[N+](=O)[O-]. The quantitative estimate of drug-likeness (QED) is 0.559. The van der Waals surface area contributed by atoms with Gasteiger partial charge in [0.1, 0.15) is 6.33 Å². The van der Waals surface area contributed by atoms with Gasteiger partial charge in [-0.2, -0.15) is 0 Å². The van der Waals surface area contributed by atoms with Gasteiger partial charge in [0.15, 0.2) is 0 Å². The first-order valence-electron chi connectivity index (χ1n) is 6.22. The minimum atomic E-state index is -0.575. The van der Waals surface area contributed by atoms with Gasteiger partial charge in [-0.05, 0) is 13.8 Å². The summed E-state index contributed by atoms with van der Waals surface area (Å²) in [6, 6.07) is 0. The molecule has 0 saturated carbocycles. The van der Waals surface area contributed by atoms with Crippen LogP contribution in [-0.4, -0.2) is 52.4 Å². The molecule has 1 amide bonds. The molecule has 0 unspecified atom stereocenters. The maximum Gasteiger partial charge on any atom is 0.353 e. The van der Waals surface area contributed by atoms with E-state index in [1.54, 1.807) is 14.0 Å². The van der Waals surface area contributed by atoms with E-state index < -0.39 is 4.92 Å². The van der Waals surface area contributed by atoms with Crippen LogP contribution in [0.25, 0.3) is 0 Å². The summed E-state index contributed by atoms with van der Waals surface area (Å²) in [7, 11) is 1.66. The standard InChI is InChI=1S/C11H18N6O3/c1-4-12-10-9(17(19)20)11(15-7-14-10)13-6-8(18)16(3)5-2/h7H,4-6H2,1-3H3,(H2,12,13,14,15). The maximum absolute atomic E-state index is 11.7. The number of likely N-dealkylation sites (N-methyl/N-ethyl adjacent to an activating group) is 1. The molecule has 2 N–H and O–H groups in total. The van der Waals surface area contributed by atoms with Crippen LogP contribution in [0.15, 0.2) is 6.33 Å². The molecule has 20 heavy (non-hydrogen) atoms. The highest BCUT2D eigenvalue weighted by Crippen LogP contribution is 2.28. The molecule has 0 atom stereocenters. The Morgan fingerprint density at radius 1 is 1.35 bits per heavy atom. The van der Waals surface area contributed by atoms with Crippen LogP contribution in [0.3, 0.4) is 0 Å². The van der Waals surface area contributed by atoms with E-state index >= 15 is 0 Å². The van der Waals surface area contributed by atoms with E-state index in [1.807, 2.05) is 6.92 Å². The Kier molecular flexibility index (Phi) is 5.63. The lowest BCUT2D eigenvalue weighted by Crippen LogP contribution is -2.32. The smallest absolute Gasteiger partial charge is 0.353 e. The molecule has 0 aliphatic carbocycles. The topological polar surface area (TPSA) is 113 Å². The first kappa shape index (κ1) is 15.6. The Labute approximate surface area is 116 Å². The Morgan fingerprint density at radius 3 is 2.45 bits per heavy atom. The Hall–Kier alpha value is -2.45. The number of aromatic nitrogens is 2. The summed E-state index contributed by atoms with van der Waals surface area (Å²) in [5, 5.41) is 16.6. The molecule has 110 valence electrons. The fourth-order valence-electron chi connectivity index (χ4n) is 1.45. The van der Waals surface area contributed by atoms with Gasteiger partial charge in [0, 0.05) is 20.1 Å². The van der Waals surface area contributed by atoms with Crippen molar-refractivity contribution in [1.29, 1.82) is 0 Å². The Balaban J connectivity index is 2.92. The third kappa shape index (κ3) is 3.77. The fourth-order valence-corrected chi connectivity index (χ4v) is 1.45. The number of anilines is 2. The number of carbonyl (C=O) groups is 1. The van der Waals surface area contributed by atoms with Gasteiger partial charge >= 0.3 is 5.69 Å². The van der Waals surface area contributed by atoms with Crippen LogP contribution < -0.4 is 10.6 Å². The van der Waals surface area contributed by atoms with Crippen molar-refractivity contribution in [2.24, 2.45) is 0 Å². The summed E-state index contributed by atoms with van der Waals surface area (Å²) in [4.78, 5) is 31.4. The van der Waals surface area contributed by atoms with Crippen LogP contribution in [-0.2, 0) is 4.79 Å². The summed E-state index contributed by atoms with van der Waals surface area (Å²) >= 11 is 0. The van der Waals surface area contributed by atoms with Gasteiger partial charge in [-0.1, -0.05) is 0 Å². The molecule has 0 spiro atoms. The van der Waals surface area contributed by atoms with Gasteiger partial charge in [-0.15, -0.1) is 0 Å². The number of hydrogen-bond donors (Lipinski definition) is 2. The molecule has 0 aliphatic heterocycles. The average Bonchev–Trinajstić information content (AvgIpc) is 2.43. The minimum absolute atomic E-state index is 0.0267. The van der Waals surface area contributed by atoms with Crippen molar-refractivity contribution in [3.63, 3.8) is 0 Å². The first-order chi connectivity index (χ1) is 9.51. The predicted octanol–water partition coefficient (Wildman–Crippen LogP) is 0.707. The van der Waals surface area contributed by atoms with Crippen molar-refractivity contribution in [2.75, 3.05) is 37.3 Å². The zero-order valence-electron chi connectivity index (χ0n) is 11.7. The predicted molar refractivity (Wildman–Crippen MR) is 74.7 cm³/mol. The molecule has 0 aromatic carbocycles. The van der Waals surface area contributed by atoms with Gasteiger partial charge in [0.25, 0.3) is 0 Å². The van der Waals surface area contributed by atoms with E-state index in [4.69, 9.17) is 0 Å². The molecule has 0 aliphatic rings. The lowest BCUT2D eigenvalue weighted by atomic mass is 10.4. The Morgan fingerprint density at radius 2 is 1.95 bits per heavy atom. The molecule has 0 fully saturated rings. The highest BCUT2D eigenvalue weighted by Gasteiger charge is 2.23. The van der Waals surface area contributed by atoms with Crippen molar-refractivity contribution in [3.05, 3.63) is 16.4 Å². The molecular weight excluding hydrogens is 264 g/mol. The Bertz CT molecular complexity index is 493. The van der Waals surface area contributed by atoms with Crippen molar-refractivity contribution in [1.82, 2.24) is 14.9 Å². The summed E-state index contributed by atoms with van der Waals surface area (Å²) in [6.45, 7) is 4.64. The van der Waals surface area contributed by atoms with Crippen molar-refractivity contribution >= 4 is 23.2 Å². The second-order valence-corrected chi connectivity index (χ2v) is 3.97. The zero-order valence-corrected chi connectivity index (χ0v) is 11.7. The molecule has 1 aromatic rings. The van der Waals surface area contributed by atoms with E-state index in [1.165, 1.54) is 11.2 Å². The summed E-state index contributed by atoms with van der Waals surface area (Å²) in [6.07, 6.45) is 1.21. The number of nitrogens with one attached hydrogen (secondary N) is 2. The van der Waals surface area contributed by atoms with Crippen molar-refractivity contribution in [2.45, 2.75) is 13.8 Å². The maximum atomic E-state index is 11.7. The van der Waals surface area contributed by atoms with E-state index in [0.29, 0.717) is 13.1 Å². The summed E-state index contributed by atoms with van der Waals surface area (Å²) in [5.41, 5.74) is -0.263. The lowest BCUT2D eigenvalue weighted by Gasteiger charge is -2.15. The number of carbonyl (C=O) groups excluding carboxylic acids is 1. The second kappa shape index (κ2) is 7.22. The molecule has 1 heterocycles. The highest BCUT2D eigenvalue weighted by molar-refractivity contribution is 5.82. The molecule has 9 heteroatoms. The first-order valence-corrected chi connectivity index (χ1v) is 6.22. The van der Waals surface area contributed by atoms with Gasteiger partial charge in [-0.3, -0.25) is 14.9 Å². The molecule has 1 rings (SSSR count). The van der Waals surface area contributed by atoms with E-state index in [9.17, 15) is 14.9 Å². The van der Waals surface area contributed by atoms with Crippen LogP contribution >= 0.6 is 0 Å². The molecule has 0 saturated heterocycles. The van der Waals surface area contributed by atoms with Crippen molar-refractivity contribution < 1.29 is 9.72 Å². The van der Waals surface area contributed by atoms with Crippen LogP contribution in [0.4, 0.5) is 17.3 Å². The molecule has 0 bridgehead atoms. The van der Waals surface area contributed by atoms with Gasteiger partial charge in [-0.25, -0.2) is 9.97 Å². The largest absolute Gasteiger partial charge is 0.364 e. The minimum Gasteiger partial charge on any atom is -0.364 e. The zero-order chi connectivity index (χ0) is 15.1. The van der Waals surface area contributed by atoms with E-state index in [0.717, 1.165) is 0 Å². The molecular formula is C11H18N6O3. The van der Waals surface area contributed by atoms with E-state index in [-0.39, 0.29) is 29.8 Å². The fraction of sp³-hybridized carbons (Fsp3) is 0.545. The molecule has 0 radical (unpaired) electrons. The average molecular weight is 282 g/mol. The lowest BCUT2D eigenvalue weighted by molar-refractivity contribution is -0.383. The molecule has 9 nitrogen and oxygen atoms in total. The number of nitrogens with zero attached hydrogens (tertiary/aromatic N) is 4. The third-order valence-corrected chi connectivity index (χ3v) is 2.66.